The fourth-order valence-electron chi connectivity index (χ4n) is 2.10. The Bertz CT molecular complexity index is 333. The number of halogens is 1. The van der Waals surface area contributed by atoms with Crippen LogP contribution in [0.3, 0.4) is 0 Å². The highest BCUT2D eigenvalue weighted by molar-refractivity contribution is 9.10. The monoisotopic (exact) mass is 239 g/mol. The predicted octanol–water partition coefficient (Wildman–Crippen LogP) is 2.96. The van der Waals surface area contributed by atoms with E-state index in [2.05, 4.69) is 47.2 Å². The van der Waals surface area contributed by atoms with Gasteiger partial charge in [0.1, 0.15) is 0 Å². The van der Waals surface area contributed by atoms with Crippen molar-refractivity contribution < 1.29 is 0 Å². The molecule has 0 aliphatic carbocycles. The Hall–Kier alpha value is -0.340. The average Bonchev–Trinajstić information content (AvgIpc) is 2.12. The van der Waals surface area contributed by atoms with Crippen LogP contribution in [0.25, 0.3) is 0 Å². The number of nitrogens with one attached hydrogen (secondary N) is 1. The third-order valence-corrected chi connectivity index (χ3v) is 3.68. The Morgan fingerprint density at radius 1 is 1.46 bits per heavy atom. The molecule has 1 aliphatic heterocycles. The molecule has 2 heteroatoms. The number of fused-ring (bicyclic) bond motifs is 1. The standard InChI is InChI=1S/C11H14BrN/c1-7-10(12)4-3-9-5-6-13-8(2)11(7)9/h3-4,8,13H,5-6H2,1-2H3. The Balaban J connectivity index is 2.58. The summed E-state index contributed by atoms with van der Waals surface area (Å²) in [5.41, 5.74) is 4.38. The van der Waals surface area contributed by atoms with E-state index in [4.69, 9.17) is 0 Å². The summed E-state index contributed by atoms with van der Waals surface area (Å²) >= 11 is 3.57. The second-order valence-corrected chi connectivity index (χ2v) is 4.53. The van der Waals surface area contributed by atoms with Gasteiger partial charge in [-0.1, -0.05) is 22.0 Å². The lowest BCUT2D eigenvalue weighted by atomic mass is 9.91. The van der Waals surface area contributed by atoms with Crippen LogP contribution in [0.15, 0.2) is 16.6 Å². The van der Waals surface area contributed by atoms with E-state index in [0.29, 0.717) is 6.04 Å². The van der Waals surface area contributed by atoms with Crippen LogP contribution in [0, 0.1) is 6.92 Å². The van der Waals surface area contributed by atoms with Crippen LogP contribution in [-0.2, 0) is 6.42 Å². The second-order valence-electron chi connectivity index (χ2n) is 3.67. The van der Waals surface area contributed by atoms with Crippen LogP contribution in [0.2, 0.25) is 0 Å². The van der Waals surface area contributed by atoms with Crippen molar-refractivity contribution in [3.05, 3.63) is 33.3 Å². The lowest BCUT2D eigenvalue weighted by Gasteiger charge is -2.26. The molecule has 0 bridgehead atoms. The molecule has 1 aromatic carbocycles. The number of hydrogen-bond acceptors (Lipinski definition) is 1. The highest BCUT2D eigenvalue weighted by Gasteiger charge is 2.18. The minimum atomic E-state index is 0.501. The summed E-state index contributed by atoms with van der Waals surface area (Å²) in [5, 5.41) is 3.49. The summed E-state index contributed by atoms with van der Waals surface area (Å²) < 4.78 is 1.22. The molecule has 70 valence electrons. The first-order chi connectivity index (χ1) is 6.20. The first-order valence-corrected chi connectivity index (χ1v) is 5.50. The van der Waals surface area contributed by atoms with Crippen LogP contribution >= 0.6 is 15.9 Å². The summed E-state index contributed by atoms with van der Waals surface area (Å²) in [7, 11) is 0. The first kappa shape index (κ1) is 9.22. The molecule has 13 heavy (non-hydrogen) atoms. The first-order valence-electron chi connectivity index (χ1n) is 4.71. The maximum absolute atomic E-state index is 3.57. The molecule has 1 N–H and O–H groups in total. The van der Waals surface area contributed by atoms with Crippen LogP contribution in [0.1, 0.15) is 29.7 Å². The molecule has 0 radical (unpaired) electrons. The molecule has 0 aromatic heterocycles. The van der Waals surface area contributed by atoms with E-state index < -0.39 is 0 Å². The third kappa shape index (κ3) is 1.53. The van der Waals surface area contributed by atoms with Gasteiger partial charge in [0.25, 0.3) is 0 Å². The van der Waals surface area contributed by atoms with Crippen molar-refractivity contribution in [2.45, 2.75) is 26.3 Å². The Morgan fingerprint density at radius 2 is 2.23 bits per heavy atom. The van der Waals surface area contributed by atoms with Crippen molar-refractivity contribution in [1.82, 2.24) is 5.32 Å². The van der Waals surface area contributed by atoms with Crippen LogP contribution in [0.5, 0.6) is 0 Å². The van der Waals surface area contributed by atoms with Gasteiger partial charge in [0, 0.05) is 10.5 Å². The van der Waals surface area contributed by atoms with Gasteiger partial charge >= 0.3 is 0 Å². The fraction of sp³-hybridized carbons (Fsp3) is 0.455. The lowest BCUT2D eigenvalue weighted by Crippen LogP contribution is -2.28. The lowest BCUT2D eigenvalue weighted by molar-refractivity contribution is 0.538. The van der Waals surface area contributed by atoms with Gasteiger partial charge in [0.2, 0.25) is 0 Å². The third-order valence-electron chi connectivity index (χ3n) is 2.82. The molecule has 0 saturated heterocycles. The molecule has 1 aliphatic rings. The van der Waals surface area contributed by atoms with E-state index in [-0.39, 0.29) is 0 Å². The summed E-state index contributed by atoms with van der Waals surface area (Å²) in [4.78, 5) is 0. The predicted molar refractivity (Wildman–Crippen MR) is 59.0 cm³/mol. The zero-order chi connectivity index (χ0) is 9.42. The smallest absolute Gasteiger partial charge is 0.0297 e. The highest BCUT2D eigenvalue weighted by atomic mass is 79.9. The van der Waals surface area contributed by atoms with Crippen molar-refractivity contribution in [3.63, 3.8) is 0 Å². The fourth-order valence-corrected chi connectivity index (χ4v) is 2.45. The Labute approximate surface area is 87.7 Å². The van der Waals surface area contributed by atoms with Gasteiger partial charge in [-0.25, -0.2) is 0 Å². The zero-order valence-electron chi connectivity index (χ0n) is 8.02. The molecule has 0 saturated carbocycles. The largest absolute Gasteiger partial charge is 0.310 e. The molecular formula is C11H14BrN. The highest BCUT2D eigenvalue weighted by Crippen LogP contribution is 2.30. The van der Waals surface area contributed by atoms with Gasteiger partial charge in [-0.2, -0.15) is 0 Å². The molecule has 0 spiro atoms. The number of rotatable bonds is 0. The summed E-state index contributed by atoms with van der Waals surface area (Å²) in [6, 6.07) is 4.90. The van der Waals surface area contributed by atoms with Crippen molar-refractivity contribution in [2.75, 3.05) is 6.54 Å². The molecule has 0 fully saturated rings. The second kappa shape index (κ2) is 3.43. The van der Waals surface area contributed by atoms with Crippen LogP contribution < -0.4 is 5.32 Å². The van der Waals surface area contributed by atoms with E-state index in [1.165, 1.54) is 21.2 Å². The minimum Gasteiger partial charge on any atom is -0.310 e. The molecule has 1 nitrogen and oxygen atoms in total. The van der Waals surface area contributed by atoms with Gasteiger partial charge in [0.05, 0.1) is 0 Å². The summed E-state index contributed by atoms with van der Waals surface area (Å²) in [6.45, 7) is 5.53. The van der Waals surface area contributed by atoms with Gasteiger partial charge in [-0.15, -0.1) is 0 Å². The van der Waals surface area contributed by atoms with Gasteiger partial charge < -0.3 is 5.32 Å². The Kier molecular flexibility index (Phi) is 2.43. The van der Waals surface area contributed by atoms with Crippen molar-refractivity contribution in [1.29, 1.82) is 0 Å². The molecular weight excluding hydrogens is 226 g/mol. The normalized spacial score (nSPS) is 21.3. The van der Waals surface area contributed by atoms with Crippen molar-refractivity contribution in [2.24, 2.45) is 0 Å². The van der Waals surface area contributed by atoms with E-state index in [1.807, 2.05) is 0 Å². The van der Waals surface area contributed by atoms with E-state index >= 15 is 0 Å². The van der Waals surface area contributed by atoms with E-state index in [9.17, 15) is 0 Å². The quantitative estimate of drug-likeness (QED) is 0.735. The molecule has 2 rings (SSSR count). The molecule has 1 aromatic rings. The molecule has 1 atom stereocenters. The van der Waals surface area contributed by atoms with Gasteiger partial charge in [0.15, 0.2) is 0 Å². The van der Waals surface area contributed by atoms with Crippen molar-refractivity contribution in [3.8, 4) is 0 Å². The zero-order valence-corrected chi connectivity index (χ0v) is 9.61. The van der Waals surface area contributed by atoms with Crippen LogP contribution in [-0.4, -0.2) is 6.54 Å². The van der Waals surface area contributed by atoms with Crippen molar-refractivity contribution >= 4 is 15.9 Å². The van der Waals surface area contributed by atoms with Gasteiger partial charge in [-0.05, 0) is 49.6 Å². The Morgan fingerprint density at radius 3 is 3.00 bits per heavy atom. The average molecular weight is 240 g/mol. The SMILES string of the molecule is Cc1c(Br)ccc2c1C(C)NCC2. The maximum Gasteiger partial charge on any atom is 0.0297 e. The van der Waals surface area contributed by atoms with Crippen LogP contribution in [0.4, 0.5) is 0 Å². The number of hydrogen-bond donors (Lipinski definition) is 1. The van der Waals surface area contributed by atoms with E-state index in [0.717, 1.165) is 13.0 Å². The summed E-state index contributed by atoms with van der Waals surface area (Å²) in [5.74, 6) is 0. The minimum absolute atomic E-state index is 0.501. The number of benzene rings is 1. The topological polar surface area (TPSA) is 12.0 Å². The maximum atomic E-state index is 3.57. The molecule has 1 unspecified atom stereocenters. The molecule has 1 heterocycles. The summed E-state index contributed by atoms with van der Waals surface area (Å²) in [6.07, 6.45) is 1.16. The van der Waals surface area contributed by atoms with E-state index in [1.54, 1.807) is 0 Å². The molecule has 0 amide bonds. The van der Waals surface area contributed by atoms with Gasteiger partial charge in [-0.3, -0.25) is 0 Å².